The number of anilines is 2. The van der Waals surface area contributed by atoms with E-state index in [1.54, 1.807) is 9.80 Å². The number of carbonyl (C=O) groups excluding carboxylic acids is 1. The van der Waals surface area contributed by atoms with E-state index in [0.717, 1.165) is 0 Å². The molecule has 0 radical (unpaired) electrons. The molecule has 1 aromatic rings. The zero-order valence-corrected chi connectivity index (χ0v) is 16.8. The Morgan fingerprint density at radius 1 is 1.12 bits per heavy atom. The second-order valence-electron chi connectivity index (χ2n) is 7.34. The molecule has 8 nitrogen and oxygen atoms in total. The molecule has 0 aliphatic carbocycles. The van der Waals surface area contributed by atoms with Crippen LogP contribution in [0.25, 0.3) is 0 Å². The molecule has 0 fully saturated rings. The summed E-state index contributed by atoms with van der Waals surface area (Å²) in [5.41, 5.74) is 5.32. The highest BCUT2D eigenvalue weighted by atomic mass is 16.2. The van der Waals surface area contributed by atoms with Crippen LogP contribution in [0.1, 0.15) is 41.5 Å². The maximum absolute atomic E-state index is 12.6. The zero-order valence-electron chi connectivity index (χ0n) is 16.8. The van der Waals surface area contributed by atoms with Gasteiger partial charge >= 0.3 is 5.69 Å². The van der Waals surface area contributed by atoms with Gasteiger partial charge < -0.3 is 15.5 Å². The fourth-order valence-corrected chi connectivity index (χ4v) is 2.94. The molecule has 0 unspecified atom stereocenters. The second-order valence-corrected chi connectivity index (χ2v) is 7.34. The number of amides is 1. The van der Waals surface area contributed by atoms with E-state index in [1.807, 2.05) is 41.5 Å². The van der Waals surface area contributed by atoms with Crippen molar-refractivity contribution in [2.45, 2.75) is 48.1 Å². The lowest BCUT2D eigenvalue weighted by atomic mass is 10.2. The number of rotatable bonds is 9. The number of hydrogen-bond donors (Lipinski definition) is 2. The summed E-state index contributed by atoms with van der Waals surface area (Å²) in [6.07, 6.45) is 0. The molecule has 26 heavy (non-hydrogen) atoms. The molecular formula is C18H33N5O3. The first-order valence-corrected chi connectivity index (χ1v) is 9.27. The van der Waals surface area contributed by atoms with E-state index in [0.29, 0.717) is 26.2 Å². The van der Waals surface area contributed by atoms with Gasteiger partial charge in [0.05, 0.1) is 6.54 Å². The highest BCUT2D eigenvalue weighted by Gasteiger charge is 2.23. The molecule has 8 heteroatoms. The molecule has 1 rings (SSSR count). The van der Waals surface area contributed by atoms with Crippen LogP contribution in [-0.2, 0) is 11.3 Å². The van der Waals surface area contributed by atoms with Crippen LogP contribution in [0.5, 0.6) is 0 Å². The molecule has 1 amide bonds. The summed E-state index contributed by atoms with van der Waals surface area (Å²) in [4.78, 5) is 43.0. The van der Waals surface area contributed by atoms with Gasteiger partial charge in [-0.1, -0.05) is 27.7 Å². The summed E-state index contributed by atoms with van der Waals surface area (Å²) >= 11 is 0. The lowest BCUT2D eigenvalue weighted by molar-refractivity contribution is -0.129. The Kier molecular flexibility index (Phi) is 7.92. The van der Waals surface area contributed by atoms with E-state index >= 15 is 0 Å². The third-order valence-corrected chi connectivity index (χ3v) is 4.11. The van der Waals surface area contributed by atoms with E-state index < -0.39 is 11.2 Å². The number of nitrogens with one attached hydrogen (secondary N) is 1. The number of nitrogen functional groups attached to an aromatic ring is 1. The van der Waals surface area contributed by atoms with Gasteiger partial charge in [0, 0.05) is 26.2 Å². The molecule has 0 saturated heterocycles. The van der Waals surface area contributed by atoms with E-state index in [4.69, 9.17) is 5.73 Å². The van der Waals surface area contributed by atoms with Gasteiger partial charge in [-0.25, -0.2) is 4.79 Å². The summed E-state index contributed by atoms with van der Waals surface area (Å²) in [5.74, 6) is 0.435. The van der Waals surface area contributed by atoms with E-state index in [1.165, 1.54) is 4.57 Å². The molecule has 0 aliphatic rings. The van der Waals surface area contributed by atoms with Gasteiger partial charge in [0.15, 0.2) is 0 Å². The summed E-state index contributed by atoms with van der Waals surface area (Å²) in [6, 6.07) is 0. The maximum atomic E-state index is 12.6. The van der Waals surface area contributed by atoms with Crippen LogP contribution in [0.2, 0.25) is 0 Å². The molecule has 0 saturated carbocycles. The lowest BCUT2D eigenvalue weighted by Crippen LogP contribution is -2.45. The van der Waals surface area contributed by atoms with Crippen LogP contribution in [0, 0.1) is 11.8 Å². The van der Waals surface area contributed by atoms with Crippen molar-refractivity contribution in [2.24, 2.45) is 11.8 Å². The van der Waals surface area contributed by atoms with Crippen molar-refractivity contribution >= 4 is 17.4 Å². The van der Waals surface area contributed by atoms with Gasteiger partial charge in [-0.05, 0) is 25.7 Å². The molecule has 0 atom stereocenters. The number of nitrogens with two attached hydrogens (primary N) is 1. The second kappa shape index (κ2) is 9.45. The fourth-order valence-electron chi connectivity index (χ4n) is 2.94. The van der Waals surface area contributed by atoms with Gasteiger partial charge in [-0.2, -0.15) is 0 Å². The van der Waals surface area contributed by atoms with E-state index in [-0.39, 0.29) is 35.8 Å². The minimum absolute atomic E-state index is 0.0486. The first kappa shape index (κ1) is 21.8. The van der Waals surface area contributed by atoms with Crippen molar-refractivity contribution < 1.29 is 4.79 Å². The average molecular weight is 367 g/mol. The molecule has 0 aromatic carbocycles. The van der Waals surface area contributed by atoms with Gasteiger partial charge in [0.25, 0.3) is 5.56 Å². The quantitative estimate of drug-likeness (QED) is 0.680. The number of likely N-dealkylation sites (N-methyl/N-ethyl adjacent to an activating group) is 1. The van der Waals surface area contributed by atoms with E-state index in [2.05, 4.69) is 4.98 Å². The predicted molar refractivity (Wildman–Crippen MR) is 106 cm³/mol. The normalized spacial score (nSPS) is 11.2. The predicted octanol–water partition coefficient (Wildman–Crippen LogP) is 1.11. The molecule has 148 valence electrons. The van der Waals surface area contributed by atoms with Gasteiger partial charge in [-0.3, -0.25) is 19.1 Å². The Labute approximate surface area is 155 Å². The van der Waals surface area contributed by atoms with Crippen LogP contribution >= 0.6 is 0 Å². The van der Waals surface area contributed by atoms with Crippen molar-refractivity contribution in [3.63, 3.8) is 0 Å². The first-order chi connectivity index (χ1) is 12.1. The molecule has 0 aliphatic heterocycles. The van der Waals surface area contributed by atoms with Crippen molar-refractivity contribution in [3.05, 3.63) is 20.8 Å². The van der Waals surface area contributed by atoms with Crippen LogP contribution in [-0.4, -0.2) is 46.5 Å². The molecule has 3 N–H and O–H groups in total. The summed E-state index contributed by atoms with van der Waals surface area (Å²) < 4.78 is 1.37. The molecule has 0 spiro atoms. The molecule has 1 aromatic heterocycles. The molecular weight excluding hydrogens is 334 g/mol. The highest BCUT2D eigenvalue weighted by Crippen LogP contribution is 2.19. The number of aromatic amines is 1. The smallest absolute Gasteiger partial charge is 0.330 e. The zero-order chi connectivity index (χ0) is 20.0. The highest BCUT2D eigenvalue weighted by molar-refractivity contribution is 5.82. The van der Waals surface area contributed by atoms with Crippen LogP contribution in [0.4, 0.5) is 11.5 Å². The van der Waals surface area contributed by atoms with Gasteiger partial charge in [0.2, 0.25) is 5.91 Å². The van der Waals surface area contributed by atoms with Crippen molar-refractivity contribution in [1.29, 1.82) is 0 Å². The molecule has 0 bridgehead atoms. The number of nitrogens with zero attached hydrogens (tertiary/aromatic N) is 3. The Balaban J connectivity index is 3.40. The Bertz CT molecular complexity index is 717. The average Bonchev–Trinajstić information content (AvgIpc) is 2.51. The van der Waals surface area contributed by atoms with Crippen molar-refractivity contribution in [3.8, 4) is 0 Å². The monoisotopic (exact) mass is 367 g/mol. The number of carbonyl (C=O) groups is 1. The first-order valence-electron chi connectivity index (χ1n) is 9.27. The summed E-state index contributed by atoms with van der Waals surface area (Å²) in [5, 5.41) is 0. The summed E-state index contributed by atoms with van der Waals surface area (Å²) in [7, 11) is 0. The van der Waals surface area contributed by atoms with Crippen LogP contribution < -0.4 is 21.9 Å². The SMILES string of the molecule is CCN(CC)C(=O)CN(CC(C)C)c1c(N)n(CC(C)C)c(=O)[nH]c1=O. The third kappa shape index (κ3) is 5.37. The maximum Gasteiger partial charge on any atom is 0.330 e. The standard InChI is InChI=1S/C18H33N5O3/c1-7-21(8-2)14(24)11-22(9-12(3)4)15-16(19)23(10-13(5)6)18(26)20-17(15)25/h12-13H,7-11,19H2,1-6H3,(H,20,25,26). The summed E-state index contributed by atoms with van der Waals surface area (Å²) in [6.45, 7) is 13.9. The minimum Gasteiger partial charge on any atom is -0.383 e. The Morgan fingerprint density at radius 3 is 2.15 bits per heavy atom. The Morgan fingerprint density at radius 2 is 1.69 bits per heavy atom. The fraction of sp³-hybridized carbons (Fsp3) is 0.722. The largest absolute Gasteiger partial charge is 0.383 e. The lowest BCUT2D eigenvalue weighted by Gasteiger charge is -2.29. The Hall–Kier alpha value is -2.25. The topological polar surface area (TPSA) is 104 Å². The number of H-pyrrole nitrogens is 1. The minimum atomic E-state index is -0.555. The third-order valence-electron chi connectivity index (χ3n) is 4.11. The number of aromatic nitrogens is 2. The molecule has 1 heterocycles. The van der Waals surface area contributed by atoms with Crippen LogP contribution in [0.15, 0.2) is 9.59 Å². The van der Waals surface area contributed by atoms with Crippen molar-refractivity contribution in [1.82, 2.24) is 14.5 Å². The van der Waals surface area contributed by atoms with Crippen LogP contribution in [0.3, 0.4) is 0 Å². The van der Waals surface area contributed by atoms with E-state index in [9.17, 15) is 14.4 Å². The van der Waals surface area contributed by atoms with Crippen molar-refractivity contribution in [2.75, 3.05) is 36.8 Å². The van der Waals surface area contributed by atoms with Gasteiger partial charge in [-0.15, -0.1) is 0 Å². The van der Waals surface area contributed by atoms with Gasteiger partial charge in [0.1, 0.15) is 11.5 Å². The number of hydrogen-bond acceptors (Lipinski definition) is 5.